The molecule has 0 bridgehead atoms. The molecule has 0 amide bonds. The van der Waals surface area contributed by atoms with Crippen molar-refractivity contribution >= 4 is 0 Å². The van der Waals surface area contributed by atoms with Gasteiger partial charge in [-0.1, -0.05) is 30.3 Å². The maximum Gasteiger partial charge on any atom is 0.0985 e. The molecule has 1 aromatic rings. The van der Waals surface area contributed by atoms with Gasteiger partial charge in [-0.3, -0.25) is 4.90 Å². The van der Waals surface area contributed by atoms with Crippen molar-refractivity contribution in [2.24, 2.45) is 0 Å². The summed E-state index contributed by atoms with van der Waals surface area (Å²) in [6, 6.07) is 10.7. The molecule has 2 aliphatic rings. The van der Waals surface area contributed by atoms with Gasteiger partial charge >= 0.3 is 0 Å². The highest BCUT2D eigenvalue weighted by Gasteiger charge is 2.25. The average Bonchev–Trinajstić information content (AvgIpc) is 3.17. The number of rotatable bonds is 4. The summed E-state index contributed by atoms with van der Waals surface area (Å²) >= 11 is 0. The second-order valence-electron chi connectivity index (χ2n) is 4.96. The molecule has 0 spiro atoms. The predicted octanol–water partition coefficient (Wildman–Crippen LogP) is 2.96. The van der Waals surface area contributed by atoms with Gasteiger partial charge in [-0.25, -0.2) is 0 Å². The minimum atomic E-state index is 0.543. The Labute approximate surface area is 103 Å². The largest absolute Gasteiger partial charge is 0.495 e. The van der Waals surface area contributed by atoms with E-state index in [0.29, 0.717) is 6.10 Å². The molecule has 0 N–H and O–H groups in total. The number of nitrogens with zero attached hydrogens (tertiary/aromatic N) is 1. The Balaban J connectivity index is 1.52. The molecule has 1 heterocycles. The lowest BCUT2D eigenvalue weighted by Gasteiger charge is -2.26. The second kappa shape index (κ2) is 4.92. The molecular weight excluding hydrogens is 210 g/mol. The predicted molar refractivity (Wildman–Crippen MR) is 68.5 cm³/mol. The van der Waals surface area contributed by atoms with Crippen molar-refractivity contribution in [3.63, 3.8) is 0 Å². The van der Waals surface area contributed by atoms with Crippen molar-refractivity contribution in [2.45, 2.75) is 31.9 Å². The molecule has 1 saturated carbocycles. The molecule has 0 unspecified atom stereocenters. The van der Waals surface area contributed by atoms with Crippen LogP contribution in [0, 0.1) is 0 Å². The zero-order valence-corrected chi connectivity index (χ0v) is 10.1. The summed E-state index contributed by atoms with van der Waals surface area (Å²) in [6.07, 6.45) is 6.38. The Morgan fingerprint density at radius 1 is 1.18 bits per heavy atom. The molecule has 0 aromatic heterocycles. The van der Waals surface area contributed by atoms with E-state index in [4.69, 9.17) is 4.74 Å². The maximum atomic E-state index is 5.84. The molecule has 1 aliphatic heterocycles. The summed E-state index contributed by atoms with van der Waals surface area (Å²) < 4.78 is 5.84. The third-order valence-electron chi connectivity index (χ3n) is 3.34. The van der Waals surface area contributed by atoms with Crippen LogP contribution in [0.2, 0.25) is 0 Å². The summed E-state index contributed by atoms with van der Waals surface area (Å²) in [4.78, 5) is 2.47. The molecule has 90 valence electrons. The molecule has 3 rings (SSSR count). The SMILES string of the molecule is C1=C(OC2CC2)CCN(Cc2ccccc2)C1. The molecule has 2 nitrogen and oxygen atoms in total. The van der Waals surface area contributed by atoms with Crippen LogP contribution in [0.1, 0.15) is 24.8 Å². The first kappa shape index (κ1) is 10.8. The van der Waals surface area contributed by atoms with Crippen LogP contribution in [0.5, 0.6) is 0 Å². The zero-order valence-electron chi connectivity index (χ0n) is 10.1. The highest BCUT2D eigenvalue weighted by molar-refractivity contribution is 5.15. The smallest absolute Gasteiger partial charge is 0.0985 e. The average molecular weight is 229 g/mol. The monoisotopic (exact) mass is 229 g/mol. The van der Waals surface area contributed by atoms with Crippen LogP contribution < -0.4 is 0 Å². The fourth-order valence-electron chi connectivity index (χ4n) is 2.18. The Morgan fingerprint density at radius 2 is 2.00 bits per heavy atom. The highest BCUT2D eigenvalue weighted by atomic mass is 16.5. The van der Waals surface area contributed by atoms with E-state index in [1.807, 2.05) is 0 Å². The lowest BCUT2D eigenvalue weighted by molar-refractivity contribution is 0.159. The van der Waals surface area contributed by atoms with Crippen LogP contribution in [0.4, 0.5) is 0 Å². The van der Waals surface area contributed by atoms with E-state index >= 15 is 0 Å². The maximum absolute atomic E-state index is 5.84. The quantitative estimate of drug-likeness (QED) is 0.787. The van der Waals surface area contributed by atoms with Crippen LogP contribution in [-0.4, -0.2) is 24.1 Å². The standard InChI is InChI=1S/C15H19NO/c1-2-4-13(5-3-1)12-16-10-8-15(9-11-16)17-14-6-7-14/h1-5,8,14H,6-7,9-12H2. The van der Waals surface area contributed by atoms with Crippen molar-refractivity contribution < 1.29 is 4.74 Å². The molecular formula is C15H19NO. The van der Waals surface area contributed by atoms with Gasteiger partial charge in [0.15, 0.2) is 0 Å². The number of hydrogen-bond donors (Lipinski definition) is 0. The number of ether oxygens (including phenoxy) is 1. The number of hydrogen-bond acceptors (Lipinski definition) is 2. The summed E-state index contributed by atoms with van der Waals surface area (Å²) in [5.74, 6) is 1.22. The minimum absolute atomic E-state index is 0.543. The van der Waals surface area contributed by atoms with Crippen molar-refractivity contribution in [3.8, 4) is 0 Å². The van der Waals surface area contributed by atoms with E-state index in [-0.39, 0.29) is 0 Å². The van der Waals surface area contributed by atoms with Gasteiger partial charge in [-0.05, 0) is 24.5 Å². The topological polar surface area (TPSA) is 12.5 Å². The van der Waals surface area contributed by atoms with Gasteiger partial charge in [-0.15, -0.1) is 0 Å². The van der Waals surface area contributed by atoms with Crippen molar-refractivity contribution in [2.75, 3.05) is 13.1 Å². The highest BCUT2D eigenvalue weighted by Crippen LogP contribution is 2.28. The molecule has 1 fully saturated rings. The molecule has 0 saturated heterocycles. The van der Waals surface area contributed by atoms with Crippen LogP contribution >= 0.6 is 0 Å². The van der Waals surface area contributed by atoms with E-state index in [2.05, 4.69) is 41.3 Å². The first-order valence-electron chi connectivity index (χ1n) is 6.52. The molecule has 1 aliphatic carbocycles. The zero-order chi connectivity index (χ0) is 11.5. The molecule has 2 heteroatoms. The third-order valence-corrected chi connectivity index (χ3v) is 3.34. The van der Waals surface area contributed by atoms with Crippen molar-refractivity contribution in [3.05, 3.63) is 47.7 Å². The summed E-state index contributed by atoms with van der Waals surface area (Å²) in [7, 11) is 0. The van der Waals surface area contributed by atoms with E-state index in [1.165, 1.54) is 24.2 Å². The normalized spacial score (nSPS) is 21.1. The van der Waals surface area contributed by atoms with Crippen LogP contribution in [0.3, 0.4) is 0 Å². The Morgan fingerprint density at radius 3 is 2.65 bits per heavy atom. The molecule has 17 heavy (non-hydrogen) atoms. The Hall–Kier alpha value is -1.28. The summed E-state index contributed by atoms with van der Waals surface area (Å²) in [5, 5.41) is 0. The first-order valence-corrected chi connectivity index (χ1v) is 6.52. The second-order valence-corrected chi connectivity index (χ2v) is 4.96. The Bertz CT molecular complexity index is 395. The van der Waals surface area contributed by atoms with Gasteiger partial charge in [-0.2, -0.15) is 0 Å². The van der Waals surface area contributed by atoms with Crippen molar-refractivity contribution in [1.29, 1.82) is 0 Å². The van der Waals surface area contributed by atoms with Crippen LogP contribution in [-0.2, 0) is 11.3 Å². The van der Waals surface area contributed by atoms with E-state index in [0.717, 1.165) is 26.1 Å². The van der Waals surface area contributed by atoms with Gasteiger partial charge in [0.05, 0.1) is 11.9 Å². The number of benzene rings is 1. The molecule has 1 aromatic carbocycles. The summed E-state index contributed by atoms with van der Waals surface area (Å²) in [6.45, 7) is 3.19. The van der Waals surface area contributed by atoms with E-state index in [9.17, 15) is 0 Å². The van der Waals surface area contributed by atoms with Gasteiger partial charge in [0.25, 0.3) is 0 Å². The minimum Gasteiger partial charge on any atom is -0.495 e. The first-order chi connectivity index (χ1) is 8.40. The van der Waals surface area contributed by atoms with Gasteiger partial charge < -0.3 is 4.74 Å². The summed E-state index contributed by atoms with van der Waals surface area (Å²) in [5.41, 5.74) is 1.40. The van der Waals surface area contributed by atoms with E-state index in [1.54, 1.807) is 0 Å². The third kappa shape index (κ3) is 3.10. The molecule has 0 atom stereocenters. The van der Waals surface area contributed by atoms with Crippen molar-refractivity contribution in [1.82, 2.24) is 4.90 Å². The molecule has 0 radical (unpaired) electrons. The van der Waals surface area contributed by atoms with Crippen LogP contribution in [0.15, 0.2) is 42.2 Å². The fourth-order valence-corrected chi connectivity index (χ4v) is 2.18. The van der Waals surface area contributed by atoms with Crippen LogP contribution in [0.25, 0.3) is 0 Å². The Kier molecular flexibility index (Phi) is 3.14. The van der Waals surface area contributed by atoms with Gasteiger partial charge in [0.1, 0.15) is 0 Å². The fraction of sp³-hybridized carbons (Fsp3) is 0.467. The van der Waals surface area contributed by atoms with Gasteiger partial charge in [0, 0.05) is 26.1 Å². The van der Waals surface area contributed by atoms with Gasteiger partial charge in [0.2, 0.25) is 0 Å². The lowest BCUT2D eigenvalue weighted by atomic mass is 10.1. The van der Waals surface area contributed by atoms with E-state index < -0.39 is 0 Å². The lowest BCUT2D eigenvalue weighted by Crippen LogP contribution is -2.28.